The average molecular weight is 489 g/mol. The molecule has 0 saturated carbocycles. The lowest BCUT2D eigenvalue weighted by Gasteiger charge is -2.10. The summed E-state index contributed by atoms with van der Waals surface area (Å²) in [4.78, 5) is 28.0. The van der Waals surface area contributed by atoms with E-state index < -0.39 is 5.97 Å². The maximum Gasteiger partial charge on any atom is 0.356 e. The Hall–Kier alpha value is -4.57. The number of aromatic hydroxyl groups is 1. The Morgan fingerprint density at radius 1 is 1.03 bits per heavy atom. The number of nitrogens with one attached hydrogen (secondary N) is 2. The van der Waals surface area contributed by atoms with Gasteiger partial charge >= 0.3 is 12.0 Å². The van der Waals surface area contributed by atoms with E-state index in [4.69, 9.17) is 9.84 Å². The number of anilines is 1. The maximum atomic E-state index is 12.1. The molecule has 0 aliphatic rings. The third-order valence-electron chi connectivity index (χ3n) is 5.30. The van der Waals surface area contributed by atoms with Gasteiger partial charge in [-0.1, -0.05) is 29.5 Å². The molecule has 9 nitrogen and oxygen atoms in total. The SMILES string of the molecule is O=C(NCCc1ccccc1O)Nc1ccc(Oc2ccc3c(c2)sc2nc(C(=O)O)cn23)cc1. The third-order valence-corrected chi connectivity index (χ3v) is 6.32. The minimum absolute atomic E-state index is 0.0105. The van der Waals surface area contributed by atoms with E-state index in [-0.39, 0.29) is 17.5 Å². The first-order valence-electron chi connectivity index (χ1n) is 10.7. The number of para-hydroxylation sites is 1. The number of nitrogens with zero attached hydrogens (tertiary/aromatic N) is 2. The van der Waals surface area contributed by atoms with Gasteiger partial charge in [-0.25, -0.2) is 14.6 Å². The number of rotatable bonds is 7. The van der Waals surface area contributed by atoms with Gasteiger partial charge in [-0.2, -0.15) is 0 Å². The predicted octanol–water partition coefficient (Wildman–Crippen LogP) is 5.11. The van der Waals surface area contributed by atoms with Gasteiger partial charge < -0.3 is 25.6 Å². The molecule has 2 amide bonds. The van der Waals surface area contributed by atoms with E-state index in [2.05, 4.69) is 15.6 Å². The minimum atomic E-state index is -1.06. The molecule has 10 heteroatoms. The van der Waals surface area contributed by atoms with Crippen LogP contribution in [0.4, 0.5) is 10.5 Å². The number of imidazole rings is 1. The molecule has 0 radical (unpaired) electrons. The number of ether oxygens (including phenoxy) is 1. The zero-order valence-corrected chi connectivity index (χ0v) is 19.1. The van der Waals surface area contributed by atoms with Crippen molar-refractivity contribution in [3.05, 3.63) is 84.2 Å². The highest BCUT2D eigenvalue weighted by molar-refractivity contribution is 7.23. The number of amides is 2. The second-order valence-corrected chi connectivity index (χ2v) is 8.71. The molecule has 0 fully saturated rings. The highest BCUT2D eigenvalue weighted by Crippen LogP contribution is 2.32. The molecule has 4 N–H and O–H groups in total. The summed E-state index contributed by atoms with van der Waals surface area (Å²) in [6.45, 7) is 0.387. The van der Waals surface area contributed by atoms with Crippen LogP contribution >= 0.6 is 11.3 Å². The summed E-state index contributed by atoms with van der Waals surface area (Å²) in [5.41, 5.74) is 2.25. The fourth-order valence-electron chi connectivity index (χ4n) is 3.60. The van der Waals surface area contributed by atoms with E-state index in [9.17, 15) is 14.7 Å². The number of carbonyl (C=O) groups excluding carboxylic acids is 1. The van der Waals surface area contributed by atoms with Gasteiger partial charge in [0.1, 0.15) is 17.2 Å². The molecule has 0 spiro atoms. The van der Waals surface area contributed by atoms with Gasteiger partial charge in [0.2, 0.25) is 0 Å². The molecule has 0 bridgehead atoms. The summed E-state index contributed by atoms with van der Waals surface area (Å²) in [6.07, 6.45) is 2.03. The van der Waals surface area contributed by atoms with Crippen LogP contribution in [0, 0.1) is 0 Å². The summed E-state index contributed by atoms with van der Waals surface area (Å²) in [5.74, 6) is 0.384. The number of benzene rings is 3. The van der Waals surface area contributed by atoms with E-state index in [1.165, 1.54) is 17.5 Å². The van der Waals surface area contributed by atoms with Crippen molar-refractivity contribution in [1.29, 1.82) is 0 Å². The van der Waals surface area contributed by atoms with Crippen LogP contribution in [-0.4, -0.2) is 38.1 Å². The Balaban J connectivity index is 1.18. The smallest absolute Gasteiger partial charge is 0.356 e. The van der Waals surface area contributed by atoms with E-state index >= 15 is 0 Å². The van der Waals surface area contributed by atoms with Crippen molar-refractivity contribution in [3.8, 4) is 17.2 Å². The number of phenolic OH excluding ortho intramolecular Hbond substituents is 1. The van der Waals surface area contributed by atoms with Crippen molar-refractivity contribution < 1.29 is 24.5 Å². The van der Waals surface area contributed by atoms with Gasteiger partial charge in [-0.15, -0.1) is 0 Å². The number of carbonyl (C=O) groups is 2. The first kappa shape index (κ1) is 22.2. The summed E-state index contributed by atoms with van der Waals surface area (Å²) >= 11 is 1.38. The van der Waals surface area contributed by atoms with E-state index in [1.54, 1.807) is 46.9 Å². The molecule has 3 aromatic carbocycles. The van der Waals surface area contributed by atoms with Crippen LogP contribution < -0.4 is 15.4 Å². The number of aromatic nitrogens is 2. The number of phenols is 1. The van der Waals surface area contributed by atoms with Crippen molar-refractivity contribution in [1.82, 2.24) is 14.7 Å². The standard InChI is InChI=1S/C25H20N4O5S/c30-21-4-2-1-3-15(21)11-12-26-24(33)27-16-5-7-17(8-6-16)34-18-9-10-20-22(13-18)35-25-28-19(23(31)32)14-29(20)25/h1-10,13-14,30H,11-12H2,(H,31,32)(H2,26,27,33). The van der Waals surface area contributed by atoms with Crippen LogP contribution in [0.1, 0.15) is 16.1 Å². The normalized spacial score (nSPS) is 11.0. The maximum absolute atomic E-state index is 12.1. The van der Waals surface area contributed by atoms with Gasteiger partial charge in [-0.3, -0.25) is 4.40 Å². The quantitative estimate of drug-likeness (QED) is 0.252. The molecule has 0 atom stereocenters. The molecule has 5 aromatic rings. The molecule has 0 aliphatic heterocycles. The van der Waals surface area contributed by atoms with Crippen LogP contribution in [0.5, 0.6) is 17.2 Å². The fourth-order valence-corrected chi connectivity index (χ4v) is 4.63. The Morgan fingerprint density at radius 2 is 1.80 bits per heavy atom. The van der Waals surface area contributed by atoms with Crippen LogP contribution in [0.25, 0.3) is 15.2 Å². The zero-order chi connectivity index (χ0) is 24.4. The summed E-state index contributed by atoms with van der Waals surface area (Å²) in [5, 5.41) is 24.4. The molecule has 35 heavy (non-hydrogen) atoms. The number of carboxylic acids is 1. The molecular weight excluding hydrogens is 468 g/mol. The lowest BCUT2D eigenvalue weighted by molar-refractivity contribution is 0.0691. The van der Waals surface area contributed by atoms with E-state index in [0.29, 0.717) is 35.1 Å². The molecule has 176 valence electrons. The van der Waals surface area contributed by atoms with Crippen LogP contribution in [-0.2, 0) is 6.42 Å². The van der Waals surface area contributed by atoms with E-state index in [1.807, 2.05) is 24.3 Å². The average Bonchev–Trinajstić information content (AvgIpc) is 3.40. The highest BCUT2D eigenvalue weighted by atomic mass is 32.1. The third kappa shape index (κ3) is 4.87. The van der Waals surface area contributed by atoms with Gasteiger partial charge in [0.05, 0.1) is 10.2 Å². The lowest BCUT2D eigenvalue weighted by Crippen LogP contribution is -2.30. The zero-order valence-electron chi connectivity index (χ0n) is 18.3. The van der Waals surface area contributed by atoms with Gasteiger partial charge in [-0.05, 0) is 54.4 Å². The lowest BCUT2D eigenvalue weighted by atomic mass is 10.1. The molecule has 0 saturated heterocycles. The molecular formula is C25H20N4O5S. The Bertz CT molecular complexity index is 1540. The van der Waals surface area contributed by atoms with Crippen molar-refractivity contribution in [2.75, 3.05) is 11.9 Å². The molecule has 0 unspecified atom stereocenters. The summed E-state index contributed by atoms with van der Waals surface area (Å²) < 4.78 is 8.61. The Labute approximate surface area is 203 Å². The van der Waals surface area contributed by atoms with Crippen LogP contribution in [0.3, 0.4) is 0 Å². The predicted molar refractivity (Wildman–Crippen MR) is 133 cm³/mol. The number of hydrogen-bond donors (Lipinski definition) is 4. The van der Waals surface area contributed by atoms with Gasteiger partial charge in [0.25, 0.3) is 0 Å². The number of hydrogen-bond acceptors (Lipinski definition) is 6. The van der Waals surface area contributed by atoms with Gasteiger partial charge in [0.15, 0.2) is 10.7 Å². The van der Waals surface area contributed by atoms with Crippen molar-refractivity contribution in [3.63, 3.8) is 0 Å². The van der Waals surface area contributed by atoms with Crippen molar-refractivity contribution in [2.24, 2.45) is 0 Å². The molecule has 0 aliphatic carbocycles. The number of fused-ring (bicyclic) bond motifs is 3. The fraction of sp³-hybridized carbons (Fsp3) is 0.0800. The first-order valence-corrected chi connectivity index (χ1v) is 11.5. The Morgan fingerprint density at radius 3 is 2.57 bits per heavy atom. The largest absolute Gasteiger partial charge is 0.508 e. The monoisotopic (exact) mass is 488 g/mol. The highest BCUT2D eigenvalue weighted by Gasteiger charge is 2.14. The van der Waals surface area contributed by atoms with E-state index in [0.717, 1.165) is 15.8 Å². The minimum Gasteiger partial charge on any atom is -0.508 e. The number of thiazole rings is 1. The van der Waals surface area contributed by atoms with Crippen LogP contribution in [0.2, 0.25) is 0 Å². The van der Waals surface area contributed by atoms with Crippen LogP contribution in [0.15, 0.2) is 72.9 Å². The second-order valence-electron chi connectivity index (χ2n) is 7.70. The number of carboxylic acid groups (broad SMARTS) is 1. The number of urea groups is 1. The summed E-state index contributed by atoms with van der Waals surface area (Å²) in [6, 6.07) is 19.2. The van der Waals surface area contributed by atoms with Gasteiger partial charge in [0, 0.05) is 24.5 Å². The Kier molecular flexibility index (Phi) is 5.94. The van der Waals surface area contributed by atoms with Crippen molar-refractivity contribution in [2.45, 2.75) is 6.42 Å². The molecule has 2 heterocycles. The molecule has 5 rings (SSSR count). The topological polar surface area (TPSA) is 125 Å². The summed E-state index contributed by atoms with van der Waals surface area (Å²) in [7, 11) is 0. The van der Waals surface area contributed by atoms with Crippen molar-refractivity contribution >= 4 is 44.2 Å². The second kappa shape index (κ2) is 9.35. The number of aromatic carboxylic acids is 1. The molecule has 2 aromatic heterocycles. The first-order chi connectivity index (χ1) is 17.0.